The number of methoxy groups -OCH3 is 1. The Hall–Kier alpha value is -2.39. The fourth-order valence-electron chi connectivity index (χ4n) is 2.90. The number of carbonyl (C=O) groups is 1. The quantitative estimate of drug-likeness (QED) is 0.824. The highest BCUT2D eigenvalue weighted by Gasteiger charge is 2.29. The van der Waals surface area contributed by atoms with Gasteiger partial charge in [0.25, 0.3) is 10.0 Å². The fraction of sp³-hybridized carbons (Fsp3) is 0.412. The van der Waals surface area contributed by atoms with Gasteiger partial charge in [0.15, 0.2) is 5.03 Å². The summed E-state index contributed by atoms with van der Waals surface area (Å²) in [7, 11) is -2.05. The number of aryl methyl sites for hydroxylation is 1. The summed E-state index contributed by atoms with van der Waals surface area (Å²) < 4.78 is 33.1. The average Bonchev–Trinajstić information content (AvgIpc) is 3.27. The molecule has 0 atom stereocenters. The van der Waals surface area contributed by atoms with Gasteiger partial charge in [-0.25, -0.2) is 13.4 Å². The van der Waals surface area contributed by atoms with E-state index in [2.05, 4.69) is 10.3 Å². The van der Waals surface area contributed by atoms with Gasteiger partial charge in [0.1, 0.15) is 12.3 Å². The molecule has 0 unspecified atom stereocenters. The van der Waals surface area contributed by atoms with Gasteiger partial charge in [0.05, 0.1) is 19.1 Å². The molecule has 2 aromatic rings. The number of sulfonamides is 1. The number of anilines is 1. The average molecular weight is 378 g/mol. The molecule has 1 aromatic carbocycles. The van der Waals surface area contributed by atoms with Crippen molar-refractivity contribution in [2.45, 2.75) is 31.3 Å². The normalized spacial score (nSPS) is 15.2. The third kappa shape index (κ3) is 3.88. The number of ether oxygens (including phenoxy) is 1. The lowest BCUT2D eigenvalue weighted by Crippen LogP contribution is -2.28. The third-order valence-corrected chi connectivity index (χ3v) is 6.02. The molecular formula is C17H22N4O4S. The van der Waals surface area contributed by atoms with Crippen LogP contribution in [0.1, 0.15) is 18.4 Å². The molecule has 3 rings (SSSR count). The molecule has 0 aliphatic carbocycles. The van der Waals surface area contributed by atoms with Crippen LogP contribution in [0.5, 0.6) is 5.75 Å². The summed E-state index contributed by atoms with van der Waals surface area (Å²) in [5.41, 5.74) is 1.56. The Labute approximate surface area is 152 Å². The zero-order chi connectivity index (χ0) is 18.7. The first-order chi connectivity index (χ1) is 12.4. The summed E-state index contributed by atoms with van der Waals surface area (Å²) >= 11 is 0. The Morgan fingerprint density at radius 2 is 2.04 bits per heavy atom. The molecule has 9 heteroatoms. The molecule has 0 radical (unpaired) electrons. The van der Waals surface area contributed by atoms with Gasteiger partial charge in [-0.05, 0) is 37.5 Å². The number of amides is 1. The molecule has 26 heavy (non-hydrogen) atoms. The maximum atomic E-state index is 12.5. The Kier molecular flexibility index (Phi) is 5.28. The number of carbonyl (C=O) groups excluding carboxylic acids is 1. The predicted molar refractivity (Wildman–Crippen MR) is 96.6 cm³/mol. The SMILES string of the molecule is COc1ccc(C)cc1NC(=O)Cn1cnc(S(=O)(=O)N2CCCC2)c1. The highest BCUT2D eigenvalue weighted by molar-refractivity contribution is 7.89. The van der Waals surface area contributed by atoms with Crippen LogP contribution in [0.4, 0.5) is 5.69 Å². The minimum Gasteiger partial charge on any atom is -0.495 e. The van der Waals surface area contributed by atoms with E-state index >= 15 is 0 Å². The molecule has 1 amide bonds. The number of rotatable bonds is 6. The van der Waals surface area contributed by atoms with E-state index in [-0.39, 0.29) is 17.5 Å². The van der Waals surface area contributed by atoms with Crippen LogP contribution in [0, 0.1) is 6.92 Å². The van der Waals surface area contributed by atoms with Crippen molar-refractivity contribution in [3.8, 4) is 5.75 Å². The minimum absolute atomic E-state index is 0.0275. The molecule has 8 nitrogen and oxygen atoms in total. The minimum atomic E-state index is -3.58. The van der Waals surface area contributed by atoms with Crippen LogP contribution >= 0.6 is 0 Å². The van der Waals surface area contributed by atoms with Crippen LogP contribution in [-0.2, 0) is 21.4 Å². The fourth-order valence-corrected chi connectivity index (χ4v) is 4.35. The van der Waals surface area contributed by atoms with Crippen LogP contribution in [0.25, 0.3) is 0 Å². The molecule has 1 aliphatic heterocycles. The van der Waals surface area contributed by atoms with Gasteiger partial charge in [0.2, 0.25) is 5.91 Å². The van der Waals surface area contributed by atoms with Crippen LogP contribution < -0.4 is 10.1 Å². The molecule has 1 aromatic heterocycles. The summed E-state index contributed by atoms with van der Waals surface area (Å²) in [6.45, 7) is 2.91. The largest absolute Gasteiger partial charge is 0.495 e. The van der Waals surface area contributed by atoms with Crippen molar-refractivity contribution in [2.75, 3.05) is 25.5 Å². The van der Waals surface area contributed by atoms with Gasteiger partial charge in [0, 0.05) is 19.3 Å². The van der Waals surface area contributed by atoms with Crippen LogP contribution in [0.15, 0.2) is 35.7 Å². The first-order valence-electron chi connectivity index (χ1n) is 8.36. The molecule has 0 spiro atoms. The van der Waals surface area contributed by atoms with Crippen LogP contribution in [0.3, 0.4) is 0 Å². The van der Waals surface area contributed by atoms with Crippen molar-refractivity contribution < 1.29 is 17.9 Å². The molecule has 1 N–H and O–H groups in total. The van der Waals surface area contributed by atoms with E-state index in [0.717, 1.165) is 18.4 Å². The zero-order valence-electron chi connectivity index (χ0n) is 14.8. The Morgan fingerprint density at radius 1 is 1.31 bits per heavy atom. The molecule has 2 heterocycles. The molecule has 1 aliphatic rings. The molecule has 140 valence electrons. The van der Waals surface area contributed by atoms with Gasteiger partial charge in [-0.15, -0.1) is 0 Å². The number of hydrogen-bond donors (Lipinski definition) is 1. The zero-order valence-corrected chi connectivity index (χ0v) is 15.6. The number of aromatic nitrogens is 2. The summed E-state index contributed by atoms with van der Waals surface area (Å²) in [4.78, 5) is 16.3. The maximum absolute atomic E-state index is 12.5. The number of hydrogen-bond acceptors (Lipinski definition) is 5. The lowest BCUT2D eigenvalue weighted by atomic mass is 10.2. The first-order valence-corrected chi connectivity index (χ1v) is 9.80. The van der Waals surface area contributed by atoms with E-state index in [0.29, 0.717) is 24.5 Å². The van der Waals surface area contributed by atoms with E-state index in [9.17, 15) is 13.2 Å². The van der Waals surface area contributed by atoms with Crippen molar-refractivity contribution >= 4 is 21.6 Å². The number of nitrogens with one attached hydrogen (secondary N) is 1. The molecule has 0 bridgehead atoms. The van der Waals surface area contributed by atoms with Crippen LogP contribution in [0.2, 0.25) is 0 Å². The Balaban J connectivity index is 1.69. The highest BCUT2D eigenvalue weighted by atomic mass is 32.2. The molecule has 1 saturated heterocycles. The molecule has 0 saturated carbocycles. The van der Waals surface area contributed by atoms with E-state index in [1.54, 1.807) is 6.07 Å². The second-order valence-electron chi connectivity index (χ2n) is 6.25. The first kappa shape index (κ1) is 18.4. The predicted octanol–water partition coefficient (Wildman–Crippen LogP) is 1.62. The van der Waals surface area contributed by atoms with Gasteiger partial charge in [-0.2, -0.15) is 4.31 Å². The smallest absolute Gasteiger partial charge is 0.262 e. The Morgan fingerprint density at radius 3 is 2.73 bits per heavy atom. The van der Waals surface area contributed by atoms with Crippen molar-refractivity contribution in [2.24, 2.45) is 0 Å². The molecule has 1 fully saturated rings. The van der Waals surface area contributed by atoms with Gasteiger partial charge in [-0.1, -0.05) is 6.07 Å². The second-order valence-corrected chi connectivity index (χ2v) is 8.13. The number of nitrogens with zero attached hydrogens (tertiary/aromatic N) is 3. The lowest BCUT2D eigenvalue weighted by molar-refractivity contribution is -0.116. The maximum Gasteiger partial charge on any atom is 0.262 e. The van der Waals surface area contributed by atoms with Crippen LogP contribution in [-0.4, -0.2) is 48.4 Å². The van der Waals surface area contributed by atoms with Crippen molar-refractivity contribution in [3.05, 3.63) is 36.3 Å². The highest BCUT2D eigenvalue weighted by Crippen LogP contribution is 2.25. The summed E-state index contributed by atoms with van der Waals surface area (Å²) in [5, 5.41) is 2.75. The molecular weight excluding hydrogens is 356 g/mol. The van der Waals surface area contributed by atoms with E-state index < -0.39 is 10.0 Å². The van der Waals surface area contributed by atoms with Gasteiger partial charge in [-0.3, -0.25) is 4.79 Å². The standard InChI is InChI=1S/C17H22N4O4S/c1-13-5-6-15(25-2)14(9-13)19-16(22)10-20-11-17(18-12-20)26(23,24)21-7-3-4-8-21/h5-6,9,11-12H,3-4,7-8,10H2,1-2H3,(H,19,22). The second kappa shape index (κ2) is 7.46. The summed E-state index contributed by atoms with van der Waals surface area (Å²) in [5.74, 6) is 0.267. The summed E-state index contributed by atoms with van der Waals surface area (Å²) in [6, 6.07) is 5.48. The number of benzene rings is 1. The van der Waals surface area contributed by atoms with E-state index in [4.69, 9.17) is 4.74 Å². The Bertz CT molecular complexity index is 901. The van der Waals surface area contributed by atoms with Gasteiger partial charge < -0.3 is 14.6 Å². The van der Waals surface area contributed by atoms with Crippen molar-refractivity contribution in [1.29, 1.82) is 0 Å². The summed E-state index contributed by atoms with van der Waals surface area (Å²) in [6.07, 6.45) is 4.47. The lowest BCUT2D eigenvalue weighted by Gasteiger charge is -2.13. The van der Waals surface area contributed by atoms with E-state index in [1.807, 2.05) is 19.1 Å². The third-order valence-electron chi connectivity index (χ3n) is 4.23. The van der Waals surface area contributed by atoms with Gasteiger partial charge >= 0.3 is 0 Å². The van der Waals surface area contributed by atoms with E-state index in [1.165, 1.54) is 28.5 Å². The van der Waals surface area contributed by atoms with Crippen molar-refractivity contribution in [1.82, 2.24) is 13.9 Å². The number of imidazole rings is 1. The van der Waals surface area contributed by atoms with Crippen molar-refractivity contribution in [3.63, 3.8) is 0 Å². The topological polar surface area (TPSA) is 93.5 Å². The monoisotopic (exact) mass is 378 g/mol.